The van der Waals surface area contributed by atoms with Crippen molar-refractivity contribution in [1.29, 1.82) is 0 Å². The van der Waals surface area contributed by atoms with Gasteiger partial charge in [-0.3, -0.25) is 4.90 Å². The summed E-state index contributed by atoms with van der Waals surface area (Å²) in [6.45, 7) is 6.82. The van der Waals surface area contributed by atoms with E-state index in [1.165, 1.54) is 18.4 Å². The highest BCUT2D eigenvalue weighted by Crippen LogP contribution is 2.14. The fourth-order valence-electron chi connectivity index (χ4n) is 2.46. The molecule has 108 valence electrons. The van der Waals surface area contributed by atoms with Crippen LogP contribution in [0, 0.1) is 0 Å². The lowest BCUT2D eigenvalue weighted by Gasteiger charge is -2.29. The SMILES string of the molecule is CCC(CC)N(CCBr)CCc1ccc(OC)cc1. The van der Waals surface area contributed by atoms with Gasteiger partial charge in [-0.1, -0.05) is 41.9 Å². The molecule has 0 aromatic heterocycles. The van der Waals surface area contributed by atoms with E-state index in [-0.39, 0.29) is 0 Å². The average molecular weight is 328 g/mol. The number of ether oxygens (including phenoxy) is 1. The third-order valence-corrected chi connectivity index (χ3v) is 4.03. The Morgan fingerprint density at radius 1 is 1.11 bits per heavy atom. The molecule has 0 atom stereocenters. The summed E-state index contributed by atoms with van der Waals surface area (Å²) in [5.41, 5.74) is 1.38. The van der Waals surface area contributed by atoms with Gasteiger partial charge in [0.2, 0.25) is 0 Å². The van der Waals surface area contributed by atoms with Gasteiger partial charge < -0.3 is 4.74 Å². The Labute approximate surface area is 126 Å². The third kappa shape index (κ3) is 5.53. The second-order valence-corrected chi connectivity index (χ2v) is 5.59. The maximum Gasteiger partial charge on any atom is 0.118 e. The Morgan fingerprint density at radius 2 is 1.74 bits per heavy atom. The first-order chi connectivity index (χ1) is 9.24. The highest BCUT2D eigenvalue weighted by atomic mass is 79.9. The molecule has 1 aromatic carbocycles. The van der Waals surface area contributed by atoms with Crippen molar-refractivity contribution in [3.8, 4) is 5.75 Å². The molecule has 0 bridgehead atoms. The predicted molar refractivity (Wildman–Crippen MR) is 86.4 cm³/mol. The maximum absolute atomic E-state index is 5.19. The summed E-state index contributed by atoms with van der Waals surface area (Å²) in [5, 5.41) is 1.05. The van der Waals surface area contributed by atoms with E-state index < -0.39 is 0 Å². The van der Waals surface area contributed by atoms with Crippen LogP contribution in [-0.2, 0) is 6.42 Å². The van der Waals surface area contributed by atoms with Crippen molar-refractivity contribution in [1.82, 2.24) is 4.90 Å². The van der Waals surface area contributed by atoms with Crippen molar-refractivity contribution in [3.63, 3.8) is 0 Å². The zero-order valence-electron chi connectivity index (χ0n) is 12.4. The monoisotopic (exact) mass is 327 g/mol. The Bertz CT molecular complexity index is 335. The number of methoxy groups -OCH3 is 1. The molecule has 19 heavy (non-hydrogen) atoms. The van der Waals surface area contributed by atoms with Crippen molar-refractivity contribution in [3.05, 3.63) is 29.8 Å². The molecular weight excluding hydrogens is 302 g/mol. The molecule has 0 aliphatic carbocycles. The van der Waals surface area contributed by atoms with Gasteiger partial charge in [0, 0.05) is 24.5 Å². The second-order valence-electron chi connectivity index (χ2n) is 4.79. The standard InChI is InChI=1S/C16H26BrNO/c1-4-15(5-2)18(13-11-17)12-10-14-6-8-16(19-3)9-7-14/h6-9,15H,4-5,10-13H2,1-3H3. The molecule has 2 nitrogen and oxygen atoms in total. The predicted octanol–water partition coefficient (Wildman–Crippen LogP) is 4.12. The Kier molecular flexibility index (Phi) is 8.15. The van der Waals surface area contributed by atoms with Gasteiger partial charge in [0.25, 0.3) is 0 Å². The van der Waals surface area contributed by atoms with Crippen LogP contribution in [0.3, 0.4) is 0 Å². The molecule has 0 saturated heterocycles. The first kappa shape index (κ1) is 16.5. The van der Waals surface area contributed by atoms with Gasteiger partial charge in [-0.25, -0.2) is 0 Å². The van der Waals surface area contributed by atoms with Crippen LogP contribution in [0.25, 0.3) is 0 Å². The van der Waals surface area contributed by atoms with E-state index in [2.05, 4.69) is 46.8 Å². The number of hydrogen-bond acceptors (Lipinski definition) is 2. The number of alkyl halides is 1. The molecule has 0 spiro atoms. The summed E-state index contributed by atoms with van der Waals surface area (Å²) < 4.78 is 5.19. The Morgan fingerprint density at radius 3 is 2.21 bits per heavy atom. The third-order valence-electron chi connectivity index (χ3n) is 3.68. The van der Waals surface area contributed by atoms with Crippen LogP contribution in [-0.4, -0.2) is 36.5 Å². The van der Waals surface area contributed by atoms with E-state index in [1.54, 1.807) is 7.11 Å². The molecule has 1 aromatic rings. The number of rotatable bonds is 9. The van der Waals surface area contributed by atoms with Crippen LogP contribution >= 0.6 is 15.9 Å². The van der Waals surface area contributed by atoms with E-state index in [1.807, 2.05) is 12.1 Å². The van der Waals surface area contributed by atoms with Crippen molar-refractivity contribution in [2.45, 2.75) is 39.2 Å². The molecule has 0 aliphatic heterocycles. The fourth-order valence-corrected chi connectivity index (χ4v) is 2.91. The molecule has 3 heteroatoms. The quantitative estimate of drug-likeness (QED) is 0.632. The lowest BCUT2D eigenvalue weighted by molar-refractivity contribution is 0.200. The lowest BCUT2D eigenvalue weighted by atomic mass is 10.1. The van der Waals surface area contributed by atoms with Crippen LogP contribution in [0.4, 0.5) is 0 Å². The molecule has 0 heterocycles. The molecular formula is C16H26BrNO. The highest BCUT2D eigenvalue weighted by Gasteiger charge is 2.13. The fraction of sp³-hybridized carbons (Fsp3) is 0.625. The van der Waals surface area contributed by atoms with Crippen LogP contribution in [0.5, 0.6) is 5.75 Å². The Hall–Kier alpha value is -0.540. The first-order valence-corrected chi connectivity index (χ1v) is 8.30. The van der Waals surface area contributed by atoms with Crippen molar-refractivity contribution in [2.24, 2.45) is 0 Å². The van der Waals surface area contributed by atoms with Crippen LogP contribution in [0.15, 0.2) is 24.3 Å². The van der Waals surface area contributed by atoms with Crippen molar-refractivity contribution in [2.75, 3.05) is 25.5 Å². The molecule has 0 fully saturated rings. The summed E-state index contributed by atoms with van der Waals surface area (Å²) in [6.07, 6.45) is 3.56. The Balaban J connectivity index is 2.54. The van der Waals surface area contributed by atoms with E-state index in [9.17, 15) is 0 Å². The number of hydrogen-bond donors (Lipinski definition) is 0. The minimum absolute atomic E-state index is 0.704. The summed E-state index contributed by atoms with van der Waals surface area (Å²) in [7, 11) is 1.71. The van der Waals surface area contributed by atoms with Crippen LogP contribution < -0.4 is 4.74 Å². The molecule has 0 radical (unpaired) electrons. The van der Waals surface area contributed by atoms with Crippen LogP contribution in [0.1, 0.15) is 32.3 Å². The normalized spacial score (nSPS) is 11.3. The topological polar surface area (TPSA) is 12.5 Å². The van der Waals surface area contributed by atoms with E-state index in [4.69, 9.17) is 4.74 Å². The van der Waals surface area contributed by atoms with Crippen molar-refractivity contribution < 1.29 is 4.74 Å². The van der Waals surface area contributed by atoms with Gasteiger partial charge in [-0.15, -0.1) is 0 Å². The molecule has 0 N–H and O–H groups in total. The minimum atomic E-state index is 0.704. The highest BCUT2D eigenvalue weighted by molar-refractivity contribution is 9.09. The molecule has 0 saturated carbocycles. The van der Waals surface area contributed by atoms with Gasteiger partial charge in [0.15, 0.2) is 0 Å². The molecule has 0 aliphatic rings. The molecule has 0 amide bonds. The number of benzene rings is 1. The number of halogens is 1. The van der Waals surface area contributed by atoms with Gasteiger partial charge in [0.1, 0.15) is 5.75 Å². The van der Waals surface area contributed by atoms with Gasteiger partial charge in [-0.2, -0.15) is 0 Å². The van der Waals surface area contributed by atoms with E-state index >= 15 is 0 Å². The summed E-state index contributed by atoms with van der Waals surface area (Å²) in [6, 6.07) is 9.12. The minimum Gasteiger partial charge on any atom is -0.497 e. The molecule has 0 unspecified atom stereocenters. The first-order valence-electron chi connectivity index (χ1n) is 7.18. The van der Waals surface area contributed by atoms with E-state index in [0.29, 0.717) is 6.04 Å². The van der Waals surface area contributed by atoms with Gasteiger partial charge >= 0.3 is 0 Å². The summed E-state index contributed by atoms with van der Waals surface area (Å²) >= 11 is 3.56. The summed E-state index contributed by atoms with van der Waals surface area (Å²) in [4.78, 5) is 2.60. The maximum atomic E-state index is 5.19. The second kappa shape index (κ2) is 9.38. The van der Waals surface area contributed by atoms with Gasteiger partial charge in [-0.05, 0) is 37.0 Å². The summed E-state index contributed by atoms with van der Waals surface area (Å²) in [5.74, 6) is 0.932. The van der Waals surface area contributed by atoms with Crippen molar-refractivity contribution >= 4 is 15.9 Å². The van der Waals surface area contributed by atoms with E-state index in [0.717, 1.165) is 30.6 Å². The van der Waals surface area contributed by atoms with Gasteiger partial charge in [0.05, 0.1) is 7.11 Å². The zero-order valence-corrected chi connectivity index (χ0v) is 13.9. The smallest absolute Gasteiger partial charge is 0.118 e. The number of nitrogens with zero attached hydrogens (tertiary/aromatic N) is 1. The lowest BCUT2D eigenvalue weighted by Crippen LogP contribution is -2.37. The largest absolute Gasteiger partial charge is 0.497 e. The molecule has 1 rings (SSSR count). The van der Waals surface area contributed by atoms with Crippen LogP contribution in [0.2, 0.25) is 0 Å². The average Bonchev–Trinajstić information content (AvgIpc) is 2.46. The zero-order chi connectivity index (χ0) is 14.1.